The number of phosphoric acid groups is 1. The van der Waals surface area contributed by atoms with Gasteiger partial charge in [0.1, 0.15) is 0 Å². The number of hydrogen-bond donors (Lipinski definition) is 4. The summed E-state index contributed by atoms with van der Waals surface area (Å²) in [5.41, 5.74) is 0. The zero-order chi connectivity index (χ0) is 20.4. The molecule has 1 unspecified atom stereocenters. The Morgan fingerprint density at radius 1 is 1.00 bits per heavy atom. The number of phosphoric ester groups is 1. The van der Waals surface area contributed by atoms with Gasteiger partial charge in [0.15, 0.2) is 0 Å². The molecule has 0 rings (SSSR count). The third kappa shape index (κ3) is 21.4. The smallest absolute Gasteiger partial charge is 0.389 e. The molecular weight excluding hydrogens is 369 g/mol. The van der Waals surface area contributed by atoms with Crippen LogP contribution in [0.5, 0.6) is 0 Å². The molecule has 4 N–H and O–H groups in total. The number of hydrogen-bond acceptors (Lipinski definition) is 4. The second kappa shape index (κ2) is 17.4. The largest absolute Gasteiger partial charge is 0.469 e. The SMILES string of the molecule is CCCCCC/C=C/CCCCCCCC(=O)NCC(O)COP(=O)(O)O. The third-order valence-electron chi connectivity index (χ3n) is 4.14. The van der Waals surface area contributed by atoms with Crippen LogP contribution in [-0.2, 0) is 13.9 Å². The van der Waals surface area contributed by atoms with Gasteiger partial charge in [-0.1, -0.05) is 57.6 Å². The van der Waals surface area contributed by atoms with Crippen molar-refractivity contribution >= 4 is 13.7 Å². The fourth-order valence-corrected chi connectivity index (χ4v) is 2.93. The molecule has 0 aliphatic rings. The lowest BCUT2D eigenvalue weighted by Crippen LogP contribution is -2.34. The van der Waals surface area contributed by atoms with E-state index in [1.807, 2.05) is 0 Å². The standard InChI is InChI=1S/C19H38NO6P/c1-2-3-4-5-6-7-8-9-10-11-12-13-14-15-19(22)20-16-18(21)17-26-27(23,24)25/h7-8,18,21H,2-6,9-17H2,1H3,(H,20,22)(H2,23,24,25)/b8-7+. The lowest BCUT2D eigenvalue weighted by atomic mass is 10.1. The lowest BCUT2D eigenvalue weighted by Gasteiger charge is -2.12. The second-order valence-electron chi connectivity index (χ2n) is 6.87. The van der Waals surface area contributed by atoms with Crippen LogP contribution in [0.15, 0.2) is 12.2 Å². The van der Waals surface area contributed by atoms with Gasteiger partial charge in [-0.15, -0.1) is 0 Å². The van der Waals surface area contributed by atoms with Crippen LogP contribution in [0.2, 0.25) is 0 Å². The average Bonchev–Trinajstić information content (AvgIpc) is 2.61. The molecule has 0 radical (unpaired) electrons. The predicted octanol–water partition coefficient (Wildman–Crippen LogP) is 3.83. The van der Waals surface area contributed by atoms with Crippen LogP contribution in [-0.4, -0.2) is 40.1 Å². The van der Waals surface area contributed by atoms with Crippen LogP contribution >= 0.6 is 7.82 Å². The van der Waals surface area contributed by atoms with Crippen LogP contribution in [0.4, 0.5) is 0 Å². The monoisotopic (exact) mass is 407 g/mol. The first-order valence-electron chi connectivity index (χ1n) is 10.1. The molecule has 0 aromatic carbocycles. The summed E-state index contributed by atoms with van der Waals surface area (Å²) in [6, 6.07) is 0. The highest BCUT2D eigenvalue weighted by Crippen LogP contribution is 2.35. The Morgan fingerprint density at radius 2 is 1.56 bits per heavy atom. The van der Waals surface area contributed by atoms with E-state index in [1.165, 1.54) is 44.9 Å². The molecule has 160 valence electrons. The summed E-state index contributed by atoms with van der Waals surface area (Å²) in [6.45, 7) is 1.63. The van der Waals surface area contributed by atoms with E-state index in [-0.39, 0.29) is 12.5 Å². The molecular formula is C19H38NO6P. The van der Waals surface area contributed by atoms with Crippen molar-refractivity contribution in [1.82, 2.24) is 5.32 Å². The molecule has 0 aromatic rings. The van der Waals surface area contributed by atoms with Crippen LogP contribution in [0, 0.1) is 0 Å². The molecule has 1 amide bonds. The summed E-state index contributed by atoms with van der Waals surface area (Å²) in [4.78, 5) is 28.7. The summed E-state index contributed by atoms with van der Waals surface area (Å²) in [7, 11) is -4.59. The zero-order valence-electron chi connectivity index (χ0n) is 16.6. The summed E-state index contributed by atoms with van der Waals surface area (Å²) >= 11 is 0. The Kier molecular flexibility index (Phi) is 16.9. The van der Waals surface area contributed by atoms with Crippen LogP contribution in [0.1, 0.15) is 84.0 Å². The maximum atomic E-state index is 11.6. The number of carbonyl (C=O) groups excluding carboxylic acids is 1. The van der Waals surface area contributed by atoms with Crippen molar-refractivity contribution in [1.29, 1.82) is 0 Å². The van der Waals surface area contributed by atoms with E-state index in [9.17, 15) is 14.5 Å². The van der Waals surface area contributed by atoms with Crippen molar-refractivity contribution in [2.24, 2.45) is 0 Å². The molecule has 0 bridgehead atoms. The Bertz CT molecular complexity index is 438. The minimum absolute atomic E-state index is 0.0797. The molecule has 0 fully saturated rings. The topological polar surface area (TPSA) is 116 Å². The number of aliphatic hydroxyl groups is 1. The van der Waals surface area contributed by atoms with Crippen LogP contribution in [0.3, 0.4) is 0 Å². The summed E-state index contributed by atoms with van der Waals surface area (Å²) < 4.78 is 14.7. The Morgan fingerprint density at radius 3 is 2.15 bits per heavy atom. The number of aliphatic hydroxyl groups excluding tert-OH is 1. The van der Waals surface area contributed by atoms with Gasteiger partial charge < -0.3 is 20.2 Å². The first-order valence-corrected chi connectivity index (χ1v) is 11.7. The molecule has 0 spiro atoms. The summed E-state index contributed by atoms with van der Waals surface area (Å²) in [6.07, 6.45) is 16.6. The first-order chi connectivity index (χ1) is 12.8. The van der Waals surface area contributed by atoms with Gasteiger partial charge in [-0.25, -0.2) is 4.57 Å². The van der Waals surface area contributed by atoms with Gasteiger partial charge in [-0.05, 0) is 32.1 Å². The van der Waals surface area contributed by atoms with E-state index in [0.717, 1.165) is 25.7 Å². The van der Waals surface area contributed by atoms with Crippen molar-refractivity contribution < 1.29 is 28.8 Å². The number of unbranched alkanes of at least 4 members (excludes halogenated alkanes) is 9. The minimum atomic E-state index is -4.59. The molecule has 7 nitrogen and oxygen atoms in total. The molecule has 0 saturated carbocycles. The Labute approximate surface area is 163 Å². The second-order valence-corrected chi connectivity index (χ2v) is 8.11. The molecule has 0 aliphatic heterocycles. The van der Waals surface area contributed by atoms with Crippen molar-refractivity contribution in [3.8, 4) is 0 Å². The van der Waals surface area contributed by atoms with Crippen molar-refractivity contribution in [3.63, 3.8) is 0 Å². The van der Waals surface area contributed by atoms with Gasteiger partial charge in [0.25, 0.3) is 0 Å². The fourth-order valence-electron chi connectivity index (χ4n) is 2.56. The van der Waals surface area contributed by atoms with Gasteiger partial charge in [0, 0.05) is 13.0 Å². The van der Waals surface area contributed by atoms with Crippen LogP contribution in [0.25, 0.3) is 0 Å². The number of amides is 1. The average molecular weight is 407 g/mol. The van der Waals surface area contributed by atoms with Gasteiger partial charge >= 0.3 is 7.82 Å². The highest BCUT2D eigenvalue weighted by molar-refractivity contribution is 7.46. The quantitative estimate of drug-likeness (QED) is 0.156. The number of nitrogens with one attached hydrogen (secondary N) is 1. The van der Waals surface area contributed by atoms with Gasteiger partial charge in [0.05, 0.1) is 12.7 Å². The number of allylic oxidation sites excluding steroid dienone is 2. The van der Waals surface area contributed by atoms with E-state index in [0.29, 0.717) is 6.42 Å². The highest BCUT2D eigenvalue weighted by Gasteiger charge is 2.17. The van der Waals surface area contributed by atoms with E-state index in [4.69, 9.17) is 9.79 Å². The maximum absolute atomic E-state index is 11.6. The molecule has 27 heavy (non-hydrogen) atoms. The lowest BCUT2D eigenvalue weighted by molar-refractivity contribution is -0.121. The highest BCUT2D eigenvalue weighted by atomic mass is 31.2. The molecule has 0 heterocycles. The fraction of sp³-hybridized carbons (Fsp3) is 0.842. The Balaban J connectivity index is 3.41. The number of carbonyl (C=O) groups is 1. The van der Waals surface area contributed by atoms with E-state index >= 15 is 0 Å². The van der Waals surface area contributed by atoms with Crippen LogP contribution < -0.4 is 5.32 Å². The summed E-state index contributed by atoms with van der Waals surface area (Å²) in [5, 5.41) is 12.0. The minimum Gasteiger partial charge on any atom is -0.389 e. The normalized spacial score (nSPS) is 13.2. The van der Waals surface area contributed by atoms with Gasteiger partial charge in [-0.2, -0.15) is 0 Å². The van der Waals surface area contributed by atoms with E-state index in [1.54, 1.807) is 0 Å². The van der Waals surface area contributed by atoms with Gasteiger partial charge in [0.2, 0.25) is 5.91 Å². The molecule has 1 atom stereocenters. The van der Waals surface area contributed by atoms with E-state index < -0.39 is 20.5 Å². The van der Waals surface area contributed by atoms with Crippen molar-refractivity contribution in [2.45, 2.75) is 90.1 Å². The molecule has 0 saturated heterocycles. The third-order valence-corrected chi connectivity index (χ3v) is 4.62. The predicted molar refractivity (Wildman–Crippen MR) is 107 cm³/mol. The summed E-state index contributed by atoms with van der Waals surface area (Å²) in [5.74, 6) is -0.170. The Hall–Kier alpha value is -0.720. The maximum Gasteiger partial charge on any atom is 0.469 e. The van der Waals surface area contributed by atoms with E-state index in [2.05, 4.69) is 28.9 Å². The number of rotatable bonds is 18. The molecule has 0 aromatic heterocycles. The zero-order valence-corrected chi connectivity index (χ0v) is 17.5. The molecule has 0 aliphatic carbocycles. The van der Waals surface area contributed by atoms with Crippen molar-refractivity contribution in [3.05, 3.63) is 12.2 Å². The first kappa shape index (κ1) is 26.3. The molecule has 8 heteroatoms. The van der Waals surface area contributed by atoms with Gasteiger partial charge in [-0.3, -0.25) is 9.32 Å². The van der Waals surface area contributed by atoms with Crippen molar-refractivity contribution in [2.75, 3.05) is 13.2 Å².